The van der Waals surface area contributed by atoms with Crippen molar-refractivity contribution >= 4 is 11.6 Å². The van der Waals surface area contributed by atoms with Crippen molar-refractivity contribution in [2.45, 2.75) is 32.4 Å². The molecule has 1 aliphatic rings. The van der Waals surface area contributed by atoms with Crippen LogP contribution in [0.5, 0.6) is 0 Å². The number of pyridine rings is 1. The van der Waals surface area contributed by atoms with Crippen molar-refractivity contribution < 1.29 is 9.90 Å². The maximum Gasteiger partial charge on any atom is 0.238 e. The number of hydrogen-bond acceptors (Lipinski definition) is 5. The Labute approximate surface area is 132 Å². The average Bonchev–Trinajstić information content (AvgIpc) is 2.49. The fourth-order valence-electron chi connectivity index (χ4n) is 2.91. The molecule has 122 valence electrons. The van der Waals surface area contributed by atoms with Gasteiger partial charge in [0, 0.05) is 38.4 Å². The van der Waals surface area contributed by atoms with E-state index < -0.39 is 0 Å². The first kappa shape index (κ1) is 16.9. The molecule has 2 N–H and O–H groups in total. The summed E-state index contributed by atoms with van der Waals surface area (Å²) in [5.41, 5.74) is 0.729. The van der Waals surface area contributed by atoms with E-state index in [1.807, 2.05) is 13.0 Å². The van der Waals surface area contributed by atoms with Gasteiger partial charge in [0.1, 0.15) is 0 Å². The quantitative estimate of drug-likeness (QED) is 0.813. The van der Waals surface area contributed by atoms with Gasteiger partial charge in [0.25, 0.3) is 0 Å². The average molecular weight is 306 g/mol. The molecular weight excluding hydrogens is 280 g/mol. The SMILES string of the molecule is CCC1CN(CC(=O)Nc2cccnc2)CCN1CC(C)O. The maximum atomic E-state index is 12.1. The first-order chi connectivity index (χ1) is 10.6. The van der Waals surface area contributed by atoms with Crippen molar-refractivity contribution in [3.05, 3.63) is 24.5 Å². The number of aliphatic hydroxyl groups is 1. The number of nitrogens with zero attached hydrogens (tertiary/aromatic N) is 3. The minimum Gasteiger partial charge on any atom is -0.392 e. The monoisotopic (exact) mass is 306 g/mol. The molecule has 0 spiro atoms. The number of rotatable bonds is 6. The summed E-state index contributed by atoms with van der Waals surface area (Å²) in [5.74, 6) is -0.00757. The predicted octanol–water partition coefficient (Wildman–Crippen LogP) is 0.797. The fourth-order valence-corrected chi connectivity index (χ4v) is 2.91. The predicted molar refractivity (Wildman–Crippen MR) is 86.6 cm³/mol. The number of carbonyl (C=O) groups is 1. The number of aromatic nitrogens is 1. The van der Waals surface area contributed by atoms with Crippen LogP contribution >= 0.6 is 0 Å². The van der Waals surface area contributed by atoms with Gasteiger partial charge in [0.2, 0.25) is 5.91 Å². The van der Waals surface area contributed by atoms with E-state index in [2.05, 4.69) is 27.0 Å². The molecule has 1 aliphatic heterocycles. The lowest BCUT2D eigenvalue weighted by Gasteiger charge is -2.41. The fraction of sp³-hybridized carbons (Fsp3) is 0.625. The van der Waals surface area contributed by atoms with Crippen LogP contribution in [0.1, 0.15) is 20.3 Å². The van der Waals surface area contributed by atoms with Gasteiger partial charge >= 0.3 is 0 Å². The van der Waals surface area contributed by atoms with Gasteiger partial charge in [0.05, 0.1) is 24.5 Å². The number of nitrogens with one attached hydrogen (secondary N) is 1. The normalized spacial score (nSPS) is 21.5. The van der Waals surface area contributed by atoms with Gasteiger partial charge < -0.3 is 10.4 Å². The Morgan fingerprint density at radius 2 is 2.36 bits per heavy atom. The van der Waals surface area contributed by atoms with Crippen LogP contribution in [0.3, 0.4) is 0 Å². The maximum absolute atomic E-state index is 12.1. The summed E-state index contributed by atoms with van der Waals surface area (Å²) in [5, 5.41) is 12.4. The molecule has 2 unspecified atom stereocenters. The summed E-state index contributed by atoms with van der Waals surface area (Å²) < 4.78 is 0. The minimum atomic E-state index is -0.311. The number of piperazine rings is 1. The van der Waals surface area contributed by atoms with Gasteiger partial charge in [0.15, 0.2) is 0 Å². The van der Waals surface area contributed by atoms with E-state index in [1.54, 1.807) is 18.5 Å². The molecule has 2 atom stereocenters. The van der Waals surface area contributed by atoms with Gasteiger partial charge in [-0.05, 0) is 25.5 Å². The van der Waals surface area contributed by atoms with E-state index in [4.69, 9.17) is 0 Å². The van der Waals surface area contributed by atoms with Gasteiger partial charge in [-0.3, -0.25) is 19.6 Å². The summed E-state index contributed by atoms with van der Waals surface area (Å²) in [7, 11) is 0. The van der Waals surface area contributed by atoms with Crippen molar-refractivity contribution in [2.24, 2.45) is 0 Å². The molecule has 0 radical (unpaired) electrons. The van der Waals surface area contributed by atoms with Gasteiger partial charge in [-0.1, -0.05) is 6.92 Å². The first-order valence-corrected chi connectivity index (χ1v) is 7.92. The number of aliphatic hydroxyl groups excluding tert-OH is 1. The molecule has 2 heterocycles. The molecule has 22 heavy (non-hydrogen) atoms. The van der Waals surface area contributed by atoms with Crippen molar-refractivity contribution in [2.75, 3.05) is 38.0 Å². The second-order valence-corrected chi connectivity index (χ2v) is 5.93. The second kappa shape index (κ2) is 8.22. The molecule has 6 heteroatoms. The van der Waals surface area contributed by atoms with Crippen LogP contribution in [0.15, 0.2) is 24.5 Å². The van der Waals surface area contributed by atoms with Gasteiger partial charge in [-0.2, -0.15) is 0 Å². The molecule has 0 saturated carbocycles. The second-order valence-electron chi connectivity index (χ2n) is 5.93. The number of amides is 1. The molecular formula is C16H26N4O2. The Balaban J connectivity index is 1.83. The minimum absolute atomic E-state index is 0.00757. The van der Waals surface area contributed by atoms with E-state index in [1.165, 1.54) is 0 Å². The summed E-state index contributed by atoms with van der Waals surface area (Å²) in [6, 6.07) is 4.03. The zero-order valence-corrected chi connectivity index (χ0v) is 13.4. The Morgan fingerprint density at radius 3 is 3.00 bits per heavy atom. The molecule has 0 aliphatic carbocycles. The van der Waals surface area contributed by atoms with E-state index in [0.29, 0.717) is 19.1 Å². The summed E-state index contributed by atoms with van der Waals surface area (Å²) in [6.07, 6.45) is 4.04. The molecule has 0 aromatic carbocycles. The summed E-state index contributed by atoms with van der Waals surface area (Å²) in [4.78, 5) is 20.6. The van der Waals surface area contributed by atoms with Crippen molar-refractivity contribution in [1.29, 1.82) is 0 Å². The Morgan fingerprint density at radius 1 is 1.55 bits per heavy atom. The molecule has 1 fully saturated rings. The lowest BCUT2D eigenvalue weighted by Crippen LogP contribution is -2.55. The van der Waals surface area contributed by atoms with E-state index >= 15 is 0 Å². The summed E-state index contributed by atoms with van der Waals surface area (Å²) >= 11 is 0. The molecule has 1 aromatic heterocycles. The van der Waals surface area contributed by atoms with Gasteiger partial charge in [-0.25, -0.2) is 0 Å². The lowest BCUT2D eigenvalue weighted by atomic mass is 10.1. The van der Waals surface area contributed by atoms with Crippen LogP contribution in [0.4, 0.5) is 5.69 Å². The van der Waals surface area contributed by atoms with Crippen LogP contribution < -0.4 is 5.32 Å². The van der Waals surface area contributed by atoms with Gasteiger partial charge in [-0.15, -0.1) is 0 Å². The standard InChI is InChI=1S/C16H26N4O2/c1-3-15-11-19(7-8-20(15)10-13(2)21)12-16(22)18-14-5-4-6-17-9-14/h4-6,9,13,15,21H,3,7-8,10-12H2,1-2H3,(H,18,22). The number of β-amino-alcohol motifs (C(OH)–C–C–N with tert-alkyl or cyclic N) is 1. The zero-order valence-electron chi connectivity index (χ0n) is 13.4. The highest BCUT2D eigenvalue weighted by Gasteiger charge is 2.27. The highest BCUT2D eigenvalue weighted by molar-refractivity contribution is 5.92. The van der Waals surface area contributed by atoms with E-state index in [9.17, 15) is 9.90 Å². The zero-order chi connectivity index (χ0) is 15.9. The highest BCUT2D eigenvalue weighted by atomic mass is 16.3. The topological polar surface area (TPSA) is 68.7 Å². The summed E-state index contributed by atoms with van der Waals surface area (Å²) in [6.45, 7) is 7.68. The Kier molecular flexibility index (Phi) is 6.30. The third kappa shape index (κ3) is 5.05. The Bertz CT molecular complexity index is 466. The lowest BCUT2D eigenvalue weighted by molar-refractivity contribution is -0.118. The first-order valence-electron chi connectivity index (χ1n) is 7.92. The van der Waals surface area contributed by atoms with Crippen LogP contribution in [0, 0.1) is 0 Å². The van der Waals surface area contributed by atoms with E-state index in [-0.39, 0.29) is 12.0 Å². The molecule has 0 bridgehead atoms. The number of anilines is 1. The third-order valence-electron chi connectivity index (χ3n) is 3.97. The van der Waals surface area contributed by atoms with E-state index in [0.717, 1.165) is 31.7 Å². The molecule has 1 saturated heterocycles. The molecule has 1 amide bonds. The van der Waals surface area contributed by atoms with Crippen LogP contribution in [0.2, 0.25) is 0 Å². The van der Waals surface area contributed by atoms with Crippen molar-refractivity contribution in [1.82, 2.24) is 14.8 Å². The number of hydrogen-bond donors (Lipinski definition) is 2. The van der Waals surface area contributed by atoms with Crippen LogP contribution in [-0.4, -0.2) is 70.7 Å². The molecule has 1 aromatic rings. The van der Waals surface area contributed by atoms with Crippen molar-refractivity contribution in [3.63, 3.8) is 0 Å². The van der Waals surface area contributed by atoms with Crippen molar-refractivity contribution in [3.8, 4) is 0 Å². The molecule has 6 nitrogen and oxygen atoms in total. The smallest absolute Gasteiger partial charge is 0.238 e. The Hall–Kier alpha value is -1.50. The highest BCUT2D eigenvalue weighted by Crippen LogP contribution is 2.13. The van der Waals surface area contributed by atoms with Crippen LogP contribution in [0.25, 0.3) is 0 Å². The third-order valence-corrected chi connectivity index (χ3v) is 3.97. The molecule has 2 rings (SSSR count). The van der Waals surface area contributed by atoms with Crippen LogP contribution in [-0.2, 0) is 4.79 Å². The number of carbonyl (C=O) groups excluding carboxylic acids is 1. The largest absolute Gasteiger partial charge is 0.392 e.